The fourth-order valence-corrected chi connectivity index (χ4v) is 10.4. The second-order valence-corrected chi connectivity index (χ2v) is 24.2. The van der Waals surface area contributed by atoms with E-state index in [9.17, 15) is 73.2 Å². The molecule has 0 aliphatic heterocycles. The number of carbonyl (C=O) groups is 11. The minimum Gasteiger partial charge on any atom is -0.480 e. The Bertz CT molecular complexity index is 3240. The molecule has 0 radical (unpaired) electrons. The van der Waals surface area contributed by atoms with Crippen LogP contribution in [0.1, 0.15) is 108 Å². The highest BCUT2D eigenvalue weighted by Gasteiger charge is 2.40. The predicted molar refractivity (Wildman–Crippen MR) is 349 cm³/mol. The Morgan fingerprint density at radius 1 is 0.521 bits per heavy atom. The van der Waals surface area contributed by atoms with Crippen LogP contribution in [0.5, 0.6) is 0 Å². The van der Waals surface area contributed by atoms with Crippen molar-refractivity contribution in [2.45, 2.75) is 153 Å². The maximum Gasteiger partial charge on any atom is 0.407 e. The minimum absolute atomic E-state index is 0.00165. The van der Waals surface area contributed by atoms with Gasteiger partial charge in [0.15, 0.2) is 0 Å². The van der Waals surface area contributed by atoms with Crippen LogP contribution in [0.25, 0.3) is 11.1 Å². The van der Waals surface area contributed by atoms with E-state index in [-0.39, 0.29) is 57.3 Å². The molecule has 1 unspecified atom stereocenters. The third kappa shape index (κ3) is 22.8. The second-order valence-electron chi connectivity index (χ2n) is 24.2. The first kappa shape index (κ1) is 77.2. The summed E-state index contributed by atoms with van der Waals surface area (Å²) < 4.78 is 11.1. The van der Waals surface area contributed by atoms with Crippen molar-refractivity contribution in [2.24, 2.45) is 23.5 Å². The van der Waals surface area contributed by atoms with Crippen LogP contribution in [-0.4, -0.2) is 184 Å². The van der Waals surface area contributed by atoms with Gasteiger partial charge in [0, 0.05) is 12.5 Å². The van der Waals surface area contributed by atoms with Gasteiger partial charge in [0.25, 0.3) is 0 Å². The van der Waals surface area contributed by atoms with Crippen molar-refractivity contribution < 1.29 is 87.7 Å². The highest BCUT2D eigenvalue weighted by atomic mass is 16.6. The van der Waals surface area contributed by atoms with E-state index < -0.39 is 164 Å². The number of ether oxygens (including phenoxy) is 2. The van der Waals surface area contributed by atoms with Crippen LogP contribution in [0.3, 0.4) is 0 Å². The Kier molecular flexibility index (Phi) is 30.6. The number of nitrogens with two attached hydrogens (primary N) is 1. The fourth-order valence-electron chi connectivity index (χ4n) is 10.4. The number of carbonyl (C=O) groups excluding carboxylic acids is 10. The van der Waals surface area contributed by atoms with Gasteiger partial charge in [0.05, 0.1) is 38.0 Å². The number of carboxylic acids is 1. The van der Waals surface area contributed by atoms with E-state index in [2.05, 4.69) is 47.9 Å². The van der Waals surface area contributed by atoms with Gasteiger partial charge in [-0.1, -0.05) is 157 Å². The average Bonchev–Trinajstić information content (AvgIpc) is 1.62. The van der Waals surface area contributed by atoms with Crippen LogP contribution in [0.4, 0.5) is 9.59 Å². The largest absolute Gasteiger partial charge is 0.480 e. The van der Waals surface area contributed by atoms with Crippen LogP contribution < -0.4 is 58.9 Å². The summed E-state index contributed by atoms with van der Waals surface area (Å²) in [4.78, 5) is 150. The molecule has 0 spiro atoms. The summed E-state index contributed by atoms with van der Waals surface area (Å²) in [5, 5.41) is 74.9. The van der Waals surface area contributed by atoms with Crippen LogP contribution in [0, 0.1) is 17.8 Å². The predicted octanol–water partition coefficient (Wildman–Crippen LogP) is 0.369. The zero-order valence-corrected chi connectivity index (χ0v) is 54.7. The monoisotopic (exact) mass is 1340 g/mol. The fraction of sp³-hybridized carbons (Fsp3) is 0.478. The van der Waals surface area contributed by atoms with Crippen LogP contribution in [-0.2, 0) is 59.2 Å². The third-order valence-electron chi connectivity index (χ3n) is 16.1. The van der Waals surface area contributed by atoms with E-state index in [1.807, 2.05) is 53.8 Å². The highest BCUT2D eigenvalue weighted by Crippen LogP contribution is 2.44. The molecule has 5 rings (SSSR count). The normalized spacial score (nSPS) is 15.4. The number of aliphatic hydroxyl groups is 4. The van der Waals surface area contributed by atoms with Crippen molar-refractivity contribution in [1.82, 2.24) is 53.2 Å². The zero-order valence-electron chi connectivity index (χ0n) is 54.7. The van der Waals surface area contributed by atoms with Crippen molar-refractivity contribution in [2.75, 3.05) is 32.9 Å². The zero-order chi connectivity index (χ0) is 70.8. The van der Waals surface area contributed by atoms with Crippen molar-refractivity contribution in [1.29, 1.82) is 0 Å². The maximum absolute atomic E-state index is 14.7. The number of amides is 10. The number of alkyl carbamates (subject to hydrolysis) is 2. The summed E-state index contributed by atoms with van der Waals surface area (Å²) in [7, 11) is 0. The standard InChI is InChI=1S/C67H91N11O18/c1-8-38(6)53(62(88)76-54(39(7)81)61(87)70-31-51(82)71-49(32-79)60(86)74-50(33-80)65(91)92)75-58(84)47(28-19-29-69-66(93)95-34-40-20-11-9-12-21-40)72-59(85)48(30-36(2)3)73-64(90)56(57(83)37(4)5)77-63(89)55(52(68)41-22-13-10-14-23-41)78-67(94)96-35-46-44-26-17-15-24-42(44)43-25-16-18-27-45(43)46/h9-18,20-27,36-39,46-50,52-57,79-81,83H,8,19,28-35,68H2,1-7H3,(H,69,93)(H,70,87)(H,71,82)(H,72,85)(H,73,90)(H,74,86)(H,75,84)(H,76,88)(H,77,89)(H,78,94)(H,91,92)/t38-,39-,47+,48-,49-,50-,52+,53-,54-,55-,56?,57+/m0/s1. The lowest BCUT2D eigenvalue weighted by Gasteiger charge is -2.32. The molecule has 10 amide bonds. The van der Waals surface area contributed by atoms with Crippen molar-refractivity contribution in [3.8, 4) is 11.1 Å². The van der Waals surface area contributed by atoms with Gasteiger partial charge in [0.1, 0.15) is 61.5 Å². The van der Waals surface area contributed by atoms with E-state index >= 15 is 0 Å². The molecule has 522 valence electrons. The van der Waals surface area contributed by atoms with Crippen molar-refractivity contribution >= 4 is 65.4 Å². The summed E-state index contributed by atoms with van der Waals surface area (Å²) >= 11 is 0. The molecule has 17 N–H and O–H groups in total. The van der Waals surface area contributed by atoms with Gasteiger partial charge in [-0.15, -0.1) is 0 Å². The first-order chi connectivity index (χ1) is 45.7. The van der Waals surface area contributed by atoms with Gasteiger partial charge in [-0.05, 0) is 77.3 Å². The first-order valence-electron chi connectivity index (χ1n) is 31.8. The lowest BCUT2D eigenvalue weighted by Crippen LogP contribution is -2.63. The summed E-state index contributed by atoms with van der Waals surface area (Å²) in [5.74, 6) is -12.0. The minimum atomic E-state index is -1.80. The van der Waals surface area contributed by atoms with Gasteiger partial charge in [-0.2, -0.15) is 0 Å². The summed E-state index contributed by atoms with van der Waals surface area (Å²) in [6.07, 6.45) is -5.15. The maximum atomic E-state index is 14.7. The smallest absolute Gasteiger partial charge is 0.407 e. The molecule has 29 nitrogen and oxygen atoms in total. The number of hydrogen-bond acceptors (Lipinski definition) is 18. The lowest BCUT2D eigenvalue weighted by molar-refractivity contribution is -0.143. The first-order valence-corrected chi connectivity index (χ1v) is 31.8. The topological polar surface area (TPSA) is 454 Å². The summed E-state index contributed by atoms with van der Waals surface area (Å²) in [6.45, 7) is 7.86. The van der Waals surface area contributed by atoms with Gasteiger partial charge < -0.3 is 93.9 Å². The number of carboxylic acid groups (broad SMARTS) is 1. The van der Waals surface area contributed by atoms with Crippen molar-refractivity contribution in [3.05, 3.63) is 131 Å². The van der Waals surface area contributed by atoms with E-state index in [0.29, 0.717) is 11.1 Å². The quantitative estimate of drug-likeness (QED) is 0.0271. The average molecular weight is 1340 g/mol. The van der Waals surface area contributed by atoms with E-state index in [1.165, 1.54) is 0 Å². The molecule has 4 aromatic rings. The molecule has 29 heteroatoms. The Hall–Kier alpha value is -9.55. The molecule has 0 saturated heterocycles. The van der Waals surface area contributed by atoms with E-state index in [4.69, 9.17) is 20.3 Å². The van der Waals surface area contributed by atoms with Gasteiger partial charge in [0.2, 0.25) is 47.3 Å². The Balaban J connectivity index is 1.36. The Labute approximate surface area is 556 Å². The van der Waals surface area contributed by atoms with E-state index in [1.54, 1.807) is 102 Å². The molecule has 4 aromatic carbocycles. The van der Waals surface area contributed by atoms with Crippen LogP contribution >= 0.6 is 0 Å². The Morgan fingerprint density at radius 2 is 1.03 bits per heavy atom. The highest BCUT2D eigenvalue weighted by molar-refractivity contribution is 5.98. The SMILES string of the molecule is CC[C@H](C)[C@H](NC(=O)[C@@H](CCCNC(=O)OCc1ccccc1)NC(=O)[C@H](CC(C)C)NC(=O)C(NC(=O)[C@@H](NC(=O)OCC1c2ccccc2-c2ccccc21)[C@H](N)c1ccccc1)[C@H](O)C(C)C)C(=O)N[C@H](C(=O)NCC(=O)N[C@@H](CO)C(=O)N[C@@H](CO)C(=O)O)[C@H](C)O. The molecule has 12 atom stereocenters. The molecular formula is C67H91N11O18. The molecular weight excluding hydrogens is 1250 g/mol. The number of fused-ring (bicyclic) bond motifs is 3. The molecule has 96 heavy (non-hydrogen) atoms. The lowest BCUT2D eigenvalue weighted by atomic mass is 9.95. The van der Waals surface area contributed by atoms with Crippen molar-refractivity contribution in [3.63, 3.8) is 0 Å². The number of hydrogen-bond donors (Lipinski definition) is 16. The number of benzene rings is 4. The molecule has 1 aliphatic carbocycles. The number of aliphatic carboxylic acids is 1. The Morgan fingerprint density at radius 3 is 1.59 bits per heavy atom. The number of nitrogens with one attached hydrogen (secondary N) is 10. The number of rotatable bonds is 37. The van der Waals surface area contributed by atoms with E-state index in [0.717, 1.165) is 29.2 Å². The summed E-state index contributed by atoms with van der Waals surface area (Å²) in [5.41, 5.74) is 11.7. The van der Waals surface area contributed by atoms with Gasteiger partial charge >= 0.3 is 18.2 Å². The molecule has 0 fully saturated rings. The van der Waals surface area contributed by atoms with Crippen LogP contribution in [0.15, 0.2) is 109 Å². The van der Waals surface area contributed by atoms with Gasteiger partial charge in [-0.25, -0.2) is 14.4 Å². The molecule has 0 saturated carbocycles. The molecule has 0 heterocycles. The molecule has 1 aliphatic rings. The number of aliphatic hydroxyl groups excluding tert-OH is 4. The second kappa shape index (κ2) is 38.1. The van der Waals surface area contributed by atoms with Crippen LogP contribution in [0.2, 0.25) is 0 Å². The third-order valence-corrected chi connectivity index (χ3v) is 16.1. The molecule has 0 aromatic heterocycles. The summed E-state index contributed by atoms with van der Waals surface area (Å²) in [6, 6.07) is 18.1. The van der Waals surface area contributed by atoms with Gasteiger partial charge in [-0.3, -0.25) is 38.4 Å². The molecule has 0 bridgehead atoms.